The van der Waals surface area contributed by atoms with Crippen molar-refractivity contribution in [3.63, 3.8) is 0 Å². The van der Waals surface area contributed by atoms with Crippen LogP contribution in [0.2, 0.25) is 0 Å². The Morgan fingerprint density at radius 3 is 2.40 bits per heavy atom. The van der Waals surface area contributed by atoms with Crippen molar-refractivity contribution in [2.24, 2.45) is 0 Å². The summed E-state index contributed by atoms with van der Waals surface area (Å²) in [6, 6.07) is 0.410. The van der Waals surface area contributed by atoms with Crippen LogP contribution in [0.3, 0.4) is 0 Å². The van der Waals surface area contributed by atoms with Gasteiger partial charge in [0.25, 0.3) is 6.43 Å². The van der Waals surface area contributed by atoms with E-state index in [4.69, 9.17) is 4.74 Å². The summed E-state index contributed by atoms with van der Waals surface area (Å²) < 4.78 is 28.4. The molecule has 1 unspecified atom stereocenters. The highest BCUT2D eigenvalue weighted by Gasteiger charge is 2.07. The smallest absolute Gasteiger partial charge is 0.261 e. The average molecular weight is 223 g/mol. The van der Waals surface area contributed by atoms with Crippen LogP contribution in [0.15, 0.2) is 0 Å². The molecule has 1 N–H and O–H groups in total. The Balaban J connectivity index is 3.47. The second-order valence-electron chi connectivity index (χ2n) is 3.69. The lowest BCUT2D eigenvalue weighted by Crippen LogP contribution is -2.31. The van der Waals surface area contributed by atoms with Crippen LogP contribution in [0.25, 0.3) is 0 Å². The van der Waals surface area contributed by atoms with E-state index in [0.29, 0.717) is 12.6 Å². The number of ether oxygens (including phenoxy) is 1. The van der Waals surface area contributed by atoms with Crippen LogP contribution >= 0.6 is 0 Å². The molecule has 0 aromatic heterocycles. The molecule has 0 saturated carbocycles. The van der Waals surface area contributed by atoms with E-state index in [-0.39, 0.29) is 0 Å². The van der Waals surface area contributed by atoms with Gasteiger partial charge in [-0.05, 0) is 25.8 Å². The predicted octanol–water partition coefficient (Wildman–Crippen LogP) is 2.83. The largest absolute Gasteiger partial charge is 0.375 e. The average Bonchev–Trinajstić information content (AvgIpc) is 2.20. The van der Waals surface area contributed by atoms with Crippen LogP contribution in [0.5, 0.6) is 0 Å². The second kappa shape index (κ2) is 10.3. The highest BCUT2D eigenvalue weighted by atomic mass is 19.3. The third-order valence-corrected chi connectivity index (χ3v) is 2.17. The molecule has 0 bridgehead atoms. The van der Waals surface area contributed by atoms with Crippen molar-refractivity contribution in [3.8, 4) is 0 Å². The van der Waals surface area contributed by atoms with Gasteiger partial charge >= 0.3 is 0 Å². The lowest BCUT2D eigenvalue weighted by molar-refractivity contribution is 0.0142. The highest BCUT2D eigenvalue weighted by Crippen LogP contribution is 2.03. The topological polar surface area (TPSA) is 21.3 Å². The molecule has 4 heteroatoms. The number of hydrogen-bond donors (Lipinski definition) is 1. The van der Waals surface area contributed by atoms with Crippen LogP contribution in [0.1, 0.15) is 39.5 Å². The summed E-state index contributed by atoms with van der Waals surface area (Å²) in [6.45, 7) is 5.21. The fraction of sp³-hybridized carbons (Fsp3) is 1.00. The summed E-state index contributed by atoms with van der Waals surface area (Å²) in [5, 5.41) is 3.39. The van der Waals surface area contributed by atoms with Crippen molar-refractivity contribution in [1.82, 2.24) is 5.32 Å². The van der Waals surface area contributed by atoms with E-state index in [1.165, 1.54) is 0 Å². The van der Waals surface area contributed by atoms with Crippen LogP contribution in [0.4, 0.5) is 8.78 Å². The first-order chi connectivity index (χ1) is 7.20. The van der Waals surface area contributed by atoms with E-state index in [0.717, 1.165) is 32.2 Å². The van der Waals surface area contributed by atoms with Gasteiger partial charge in [-0.3, -0.25) is 0 Å². The van der Waals surface area contributed by atoms with E-state index < -0.39 is 13.0 Å². The molecule has 0 saturated heterocycles. The summed E-state index contributed by atoms with van der Waals surface area (Å²) in [4.78, 5) is 0. The van der Waals surface area contributed by atoms with E-state index in [2.05, 4.69) is 19.2 Å². The van der Waals surface area contributed by atoms with Crippen LogP contribution in [0, 0.1) is 0 Å². The molecule has 92 valence electrons. The molecular formula is C11H23F2NO. The van der Waals surface area contributed by atoms with Gasteiger partial charge in [-0.15, -0.1) is 0 Å². The summed E-state index contributed by atoms with van der Waals surface area (Å²) >= 11 is 0. The first-order valence-electron chi connectivity index (χ1n) is 5.79. The summed E-state index contributed by atoms with van der Waals surface area (Å²) in [5.41, 5.74) is 0. The second-order valence-corrected chi connectivity index (χ2v) is 3.69. The molecule has 2 nitrogen and oxygen atoms in total. The Bertz CT molecular complexity index is 134. The van der Waals surface area contributed by atoms with Crippen molar-refractivity contribution in [1.29, 1.82) is 0 Å². The van der Waals surface area contributed by atoms with Crippen molar-refractivity contribution in [2.75, 3.05) is 19.8 Å². The highest BCUT2D eigenvalue weighted by molar-refractivity contribution is 4.65. The summed E-state index contributed by atoms with van der Waals surface area (Å²) in [6.07, 6.45) is 1.76. The van der Waals surface area contributed by atoms with E-state index in [1.807, 2.05) is 0 Å². The molecule has 0 aliphatic heterocycles. The van der Waals surface area contributed by atoms with Crippen LogP contribution in [-0.4, -0.2) is 32.2 Å². The van der Waals surface area contributed by atoms with Crippen molar-refractivity contribution < 1.29 is 13.5 Å². The van der Waals surface area contributed by atoms with E-state index >= 15 is 0 Å². The Kier molecular flexibility index (Phi) is 10.2. The molecule has 0 radical (unpaired) electrons. The zero-order valence-electron chi connectivity index (χ0n) is 9.77. The van der Waals surface area contributed by atoms with Gasteiger partial charge in [0, 0.05) is 12.6 Å². The van der Waals surface area contributed by atoms with Gasteiger partial charge in [0.05, 0.1) is 0 Å². The fourth-order valence-corrected chi connectivity index (χ4v) is 1.44. The van der Waals surface area contributed by atoms with Crippen LogP contribution in [-0.2, 0) is 4.74 Å². The Morgan fingerprint density at radius 1 is 1.13 bits per heavy atom. The van der Waals surface area contributed by atoms with Gasteiger partial charge in [-0.2, -0.15) is 0 Å². The zero-order chi connectivity index (χ0) is 11.5. The van der Waals surface area contributed by atoms with Crippen molar-refractivity contribution in [3.05, 3.63) is 0 Å². The summed E-state index contributed by atoms with van der Waals surface area (Å²) in [7, 11) is 0. The van der Waals surface area contributed by atoms with Crippen molar-refractivity contribution in [2.45, 2.75) is 52.0 Å². The molecule has 0 aliphatic carbocycles. The minimum absolute atomic E-state index is 0.410. The standard InChI is InChI=1S/C11H23F2NO/c1-3-5-10(14-7-4-2)6-8-15-9-11(12)13/h10-11,14H,3-9H2,1-2H3. The number of alkyl halides is 2. The molecule has 0 rings (SSSR count). The number of rotatable bonds is 10. The van der Waals surface area contributed by atoms with E-state index in [9.17, 15) is 8.78 Å². The van der Waals surface area contributed by atoms with Gasteiger partial charge in [0.2, 0.25) is 0 Å². The van der Waals surface area contributed by atoms with Crippen LogP contribution < -0.4 is 5.32 Å². The lowest BCUT2D eigenvalue weighted by Gasteiger charge is -2.17. The molecular weight excluding hydrogens is 200 g/mol. The predicted molar refractivity (Wildman–Crippen MR) is 58.4 cm³/mol. The maximum absolute atomic E-state index is 11.8. The van der Waals surface area contributed by atoms with Gasteiger partial charge in [-0.25, -0.2) is 8.78 Å². The Morgan fingerprint density at radius 2 is 1.87 bits per heavy atom. The molecule has 0 fully saturated rings. The van der Waals surface area contributed by atoms with Gasteiger partial charge in [0.15, 0.2) is 0 Å². The van der Waals surface area contributed by atoms with Gasteiger partial charge < -0.3 is 10.1 Å². The third kappa shape index (κ3) is 10.1. The zero-order valence-corrected chi connectivity index (χ0v) is 9.77. The molecule has 0 spiro atoms. The molecule has 0 aromatic rings. The third-order valence-electron chi connectivity index (χ3n) is 2.17. The SMILES string of the molecule is CCCNC(CCC)CCOCC(F)F. The fourth-order valence-electron chi connectivity index (χ4n) is 1.44. The summed E-state index contributed by atoms with van der Waals surface area (Å²) in [5.74, 6) is 0. The molecule has 0 aromatic carbocycles. The lowest BCUT2D eigenvalue weighted by atomic mass is 10.1. The number of hydrogen-bond acceptors (Lipinski definition) is 2. The Hall–Kier alpha value is -0.220. The van der Waals surface area contributed by atoms with Gasteiger partial charge in [0.1, 0.15) is 6.61 Å². The van der Waals surface area contributed by atoms with E-state index in [1.54, 1.807) is 0 Å². The quantitative estimate of drug-likeness (QED) is 0.575. The van der Waals surface area contributed by atoms with Gasteiger partial charge in [-0.1, -0.05) is 20.3 Å². The number of nitrogens with one attached hydrogen (secondary N) is 1. The first-order valence-corrected chi connectivity index (χ1v) is 5.79. The minimum Gasteiger partial charge on any atom is -0.375 e. The maximum Gasteiger partial charge on any atom is 0.261 e. The Labute approximate surface area is 91.4 Å². The normalized spacial score (nSPS) is 13.4. The monoisotopic (exact) mass is 223 g/mol. The molecule has 15 heavy (non-hydrogen) atoms. The first kappa shape index (κ1) is 14.8. The molecule has 0 aliphatic rings. The maximum atomic E-state index is 11.8. The molecule has 0 heterocycles. The van der Waals surface area contributed by atoms with Crippen molar-refractivity contribution >= 4 is 0 Å². The minimum atomic E-state index is -2.35. The molecule has 0 amide bonds. The molecule has 1 atom stereocenters. The number of halogens is 2.